The maximum absolute atomic E-state index is 6.14. The van der Waals surface area contributed by atoms with Gasteiger partial charge in [-0.05, 0) is 57.2 Å². The van der Waals surface area contributed by atoms with Gasteiger partial charge in [0.2, 0.25) is 0 Å². The molecule has 0 spiro atoms. The molecule has 0 atom stereocenters. The van der Waals surface area contributed by atoms with E-state index in [1.54, 1.807) is 0 Å². The molecule has 20 heavy (non-hydrogen) atoms. The number of nitrogens with one attached hydrogen (secondary N) is 1. The van der Waals surface area contributed by atoms with Crippen LogP contribution < -0.4 is 10.1 Å². The first-order valence-electron chi connectivity index (χ1n) is 7.28. The van der Waals surface area contributed by atoms with Crippen molar-refractivity contribution in [3.05, 3.63) is 22.3 Å². The van der Waals surface area contributed by atoms with Crippen molar-refractivity contribution in [3.63, 3.8) is 0 Å². The van der Waals surface area contributed by atoms with E-state index in [0.717, 1.165) is 18.7 Å². The van der Waals surface area contributed by atoms with E-state index in [-0.39, 0.29) is 18.0 Å². The van der Waals surface area contributed by atoms with E-state index in [0.29, 0.717) is 5.92 Å². The van der Waals surface area contributed by atoms with Gasteiger partial charge < -0.3 is 10.1 Å². The van der Waals surface area contributed by atoms with E-state index >= 15 is 0 Å². The van der Waals surface area contributed by atoms with Crippen LogP contribution in [0.3, 0.4) is 0 Å². The Hall–Kier alpha value is -0.890. The van der Waals surface area contributed by atoms with E-state index in [2.05, 4.69) is 53.8 Å². The molecule has 0 bridgehead atoms. The van der Waals surface area contributed by atoms with Crippen molar-refractivity contribution in [2.75, 3.05) is 11.9 Å². The van der Waals surface area contributed by atoms with Gasteiger partial charge in [-0.15, -0.1) is 12.4 Å². The van der Waals surface area contributed by atoms with Crippen LogP contribution in [0.15, 0.2) is 0 Å². The minimum Gasteiger partial charge on any atom is -0.487 e. The summed E-state index contributed by atoms with van der Waals surface area (Å²) in [5.41, 5.74) is 6.61. The molecule has 114 valence electrons. The second kappa shape index (κ2) is 5.85. The summed E-state index contributed by atoms with van der Waals surface area (Å²) in [7, 11) is 0. The monoisotopic (exact) mass is 297 g/mol. The maximum atomic E-state index is 6.14. The molecule has 0 saturated heterocycles. The van der Waals surface area contributed by atoms with Gasteiger partial charge in [0, 0.05) is 24.2 Å². The van der Waals surface area contributed by atoms with Crippen LogP contribution in [0.4, 0.5) is 5.69 Å². The van der Waals surface area contributed by atoms with Crippen molar-refractivity contribution < 1.29 is 4.74 Å². The van der Waals surface area contributed by atoms with Crippen LogP contribution in [-0.2, 0) is 6.42 Å². The molecule has 1 aliphatic rings. The number of rotatable bonds is 3. The number of hydrogen-bond acceptors (Lipinski definition) is 2. The largest absolute Gasteiger partial charge is 0.487 e. The molecule has 1 N–H and O–H groups in total. The van der Waals surface area contributed by atoms with Crippen molar-refractivity contribution in [2.24, 2.45) is 5.92 Å². The predicted molar refractivity (Wildman–Crippen MR) is 89.6 cm³/mol. The summed E-state index contributed by atoms with van der Waals surface area (Å²) in [6.45, 7) is 16.4. The molecule has 1 aliphatic heterocycles. The fraction of sp³-hybridized carbons (Fsp3) is 0.647. The van der Waals surface area contributed by atoms with Crippen molar-refractivity contribution in [2.45, 2.75) is 60.5 Å². The second-order valence-electron chi connectivity index (χ2n) is 6.87. The maximum Gasteiger partial charge on any atom is 0.127 e. The highest BCUT2D eigenvalue weighted by Gasteiger charge is 2.34. The average molecular weight is 298 g/mol. The zero-order valence-corrected chi connectivity index (χ0v) is 14.6. The van der Waals surface area contributed by atoms with E-state index in [4.69, 9.17) is 4.74 Å². The second-order valence-corrected chi connectivity index (χ2v) is 6.87. The summed E-state index contributed by atoms with van der Waals surface area (Å²) in [4.78, 5) is 0. The van der Waals surface area contributed by atoms with Crippen LogP contribution in [0.5, 0.6) is 5.75 Å². The highest BCUT2D eigenvalue weighted by Crippen LogP contribution is 2.44. The molecule has 0 aromatic heterocycles. The SMILES string of the molecule is Cc1c(C)c2c(c(C)c1NCC(C)C)CC(C)(C)O2.Cl. The third kappa shape index (κ3) is 3.06. The topological polar surface area (TPSA) is 21.3 Å². The van der Waals surface area contributed by atoms with Gasteiger partial charge in [0.25, 0.3) is 0 Å². The Kier molecular flexibility index (Phi) is 5.02. The average Bonchev–Trinajstić information content (AvgIpc) is 2.62. The Balaban J connectivity index is 0.00000200. The predicted octanol–water partition coefficient (Wildman–Crippen LogP) is 4.82. The Labute approximate surface area is 129 Å². The number of ether oxygens (including phenoxy) is 1. The molecule has 2 nitrogen and oxygen atoms in total. The van der Waals surface area contributed by atoms with Crippen LogP contribution >= 0.6 is 12.4 Å². The number of halogens is 1. The smallest absolute Gasteiger partial charge is 0.127 e. The molecule has 3 heteroatoms. The molecule has 0 saturated carbocycles. The van der Waals surface area contributed by atoms with E-state index in [9.17, 15) is 0 Å². The molecule has 0 radical (unpaired) electrons. The molecule has 0 fully saturated rings. The van der Waals surface area contributed by atoms with Gasteiger partial charge in [0.1, 0.15) is 11.4 Å². The third-order valence-corrected chi connectivity index (χ3v) is 4.05. The van der Waals surface area contributed by atoms with Gasteiger partial charge >= 0.3 is 0 Å². The third-order valence-electron chi connectivity index (χ3n) is 4.05. The van der Waals surface area contributed by atoms with Crippen LogP contribution in [0.2, 0.25) is 0 Å². The van der Waals surface area contributed by atoms with Crippen molar-refractivity contribution >= 4 is 18.1 Å². The minimum absolute atomic E-state index is 0. The lowest BCUT2D eigenvalue weighted by molar-refractivity contribution is 0.137. The zero-order chi connectivity index (χ0) is 14.4. The Morgan fingerprint density at radius 2 is 1.70 bits per heavy atom. The summed E-state index contributed by atoms with van der Waals surface area (Å²) in [6, 6.07) is 0. The number of fused-ring (bicyclic) bond motifs is 1. The van der Waals surface area contributed by atoms with Crippen LogP contribution in [-0.4, -0.2) is 12.1 Å². The first kappa shape index (κ1) is 17.2. The number of hydrogen-bond donors (Lipinski definition) is 1. The van der Waals surface area contributed by atoms with Crippen molar-refractivity contribution in [1.29, 1.82) is 0 Å². The van der Waals surface area contributed by atoms with E-state index in [1.807, 2.05) is 0 Å². The lowest BCUT2D eigenvalue weighted by Crippen LogP contribution is -2.24. The Morgan fingerprint density at radius 3 is 2.25 bits per heavy atom. The minimum atomic E-state index is -0.0685. The first-order chi connectivity index (χ1) is 8.73. The van der Waals surface area contributed by atoms with Crippen LogP contribution in [0.1, 0.15) is 49.9 Å². The Morgan fingerprint density at radius 1 is 1.10 bits per heavy atom. The lowest BCUT2D eigenvalue weighted by atomic mass is 9.92. The molecule has 1 aromatic rings. The van der Waals surface area contributed by atoms with E-state index in [1.165, 1.54) is 27.9 Å². The number of anilines is 1. The van der Waals surface area contributed by atoms with Gasteiger partial charge in [-0.25, -0.2) is 0 Å². The van der Waals surface area contributed by atoms with Gasteiger partial charge in [-0.3, -0.25) is 0 Å². The Bertz CT molecular complexity index is 506. The van der Waals surface area contributed by atoms with Gasteiger partial charge in [0.15, 0.2) is 0 Å². The summed E-state index contributed by atoms with van der Waals surface area (Å²) >= 11 is 0. The molecule has 0 amide bonds. The van der Waals surface area contributed by atoms with Crippen molar-refractivity contribution in [1.82, 2.24) is 0 Å². The summed E-state index contributed by atoms with van der Waals surface area (Å²) in [5.74, 6) is 1.77. The summed E-state index contributed by atoms with van der Waals surface area (Å²) in [5, 5.41) is 3.62. The molecule has 1 heterocycles. The highest BCUT2D eigenvalue weighted by atomic mass is 35.5. The normalized spacial score (nSPS) is 15.6. The standard InChI is InChI=1S/C17H27NO.ClH/c1-10(2)9-18-15-11(3)12(4)16-14(13(15)5)8-17(6,7)19-16;/h10,18H,8-9H2,1-7H3;1H. The van der Waals surface area contributed by atoms with Gasteiger partial charge in [-0.1, -0.05) is 13.8 Å². The van der Waals surface area contributed by atoms with E-state index < -0.39 is 0 Å². The zero-order valence-electron chi connectivity index (χ0n) is 13.8. The molecular formula is C17H28ClNO. The molecular weight excluding hydrogens is 270 g/mol. The van der Waals surface area contributed by atoms with Gasteiger partial charge in [-0.2, -0.15) is 0 Å². The fourth-order valence-corrected chi connectivity index (χ4v) is 2.85. The molecule has 0 unspecified atom stereocenters. The quantitative estimate of drug-likeness (QED) is 0.864. The lowest BCUT2D eigenvalue weighted by Gasteiger charge is -2.20. The molecule has 1 aromatic carbocycles. The summed E-state index contributed by atoms with van der Waals surface area (Å²) < 4.78 is 6.14. The van der Waals surface area contributed by atoms with Crippen LogP contribution in [0.25, 0.3) is 0 Å². The molecule has 0 aliphatic carbocycles. The molecule has 2 rings (SSSR count). The van der Waals surface area contributed by atoms with Crippen LogP contribution in [0, 0.1) is 26.7 Å². The summed E-state index contributed by atoms with van der Waals surface area (Å²) in [6.07, 6.45) is 1.01. The van der Waals surface area contributed by atoms with Crippen molar-refractivity contribution in [3.8, 4) is 5.75 Å². The number of benzene rings is 1. The highest BCUT2D eigenvalue weighted by molar-refractivity contribution is 5.85. The fourth-order valence-electron chi connectivity index (χ4n) is 2.85. The van der Waals surface area contributed by atoms with Gasteiger partial charge in [0.05, 0.1) is 0 Å². The first-order valence-corrected chi connectivity index (χ1v) is 7.28.